The van der Waals surface area contributed by atoms with Gasteiger partial charge in [-0.3, -0.25) is 4.79 Å². The van der Waals surface area contributed by atoms with E-state index in [0.29, 0.717) is 35.4 Å². The summed E-state index contributed by atoms with van der Waals surface area (Å²) in [6.45, 7) is 3.91. The summed E-state index contributed by atoms with van der Waals surface area (Å²) >= 11 is 0. The third kappa shape index (κ3) is 3.85. The molecule has 0 aliphatic heterocycles. The molecule has 2 N–H and O–H groups in total. The van der Waals surface area contributed by atoms with Crippen molar-refractivity contribution in [2.75, 3.05) is 24.3 Å². The molecule has 0 unspecified atom stereocenters. The van der Waals surface area contributed by atoms with Crippen molar-refractivity contribution in [2.45, 2.75) is 6.42 Å². The molecule has 162 valence electrons. The van der Waals surface area contributed by atoms with Crippen LogP contribution in [0.4, 0.5) is 15.9 Å². The molecule has 4 rings (SSSR count). The minimum Gasteiger partial charge on any atom is -0.479 e. The van der Waals surface area contributed by atoms with Crippen molar-refractivity contribution < 1.29 is 13.9 Å². The number of rotatable bonds is 7. The lowest BCUT2D eigenvalue weighted by molar-refractivity contribution is -0.114. The first-order chi connectivity index (χ1) is 15.5. The van der Waals surface area contributed by atoms with Gasteiger partial charge in [0.25, 0.3) is 0 Å². The van der Waals surface area contributed by atoms with E-state index in [4.69, 9.17) is 10.5 Å². The zero-order valence-corrected chi connectivity index (χ0v) is 17.3. The van der Waals surface area contributed by atoms with Crippen molar-refractivity contribution >= 4 is 28.4 Å². The topological polar surface area (TPSA) is 112 Å². The molecule has 0 bridgehead atoms. The maximum atomic E-state index is 14.3. The van der Waals surface area contributed by atoms with Gasteiger partial charge < -0.3 is 15.4 Å². The van der Waals surface area contributed by atoms with Crippen molar-refractivity contribution in [3.05, 3.63) is 73.1 Å². The first kappa shape index (κ1) is 20.9. The largest absolute Gasteiger partial charge is 0.479 e. The predicted molar refractivity (Wildman–Crippen MR) is 118 cm³/mol. The highest BCUT2D eigenvalue weighted by Gasteiger charge is 2.20. The van der Waals surface area contributed by atoms with E-state index in [-0.39, 0.29) is 17.6 Å². The third-order valence-electron chi connectivity index (χ3n) is 4.87. The molecule has 0 aliphatic rings. The highest BCUT2D eigenvalue weighted by Crippen LogP contribution is 2.26. The molecule has 0 spiro atoms. The molecule has 0 aliphatic carbocycles. The number of hydrogen-bond donors (Lipinski definition) is 1. The molecule has 10 heteroatoms. The van der Waals surface area contributed by atoms with E-state index >= 15 is 0 Å². The monoisotopic (exact) mass is 433 g/mol. The Morgan fingerprint density at radius 1 is 1.28 bits per heavy atom. The first-order valence-corrected chi connectivity index (χ1v) is 9.70. The number of aromatic nitrogens is 5. The fourth-order valence-corrected chi connectivity index (χ4v) is 3.37. The third-order valence-corrected chi connectivity index (χ3v) is 4.87. The molecule has 0 radical (unpaired) electrons. The van der Waals surface area contributed by atoms with Gasteiger partial charge in [-0.1, -0.05) is 24.8 Å². The first-order valence-electron chi connectivity index (χ1n) is 9.70. The lowest BCUT2D eigenvalue weighted by atomic mass is 10.2. The second-order valence-corrected chi connectivity index (χ2v) is 6.78. The number of anilines is 2. The molecule has 1 amide bonds. The highest BCUT2D eigenvalue weighted by molar-refractivity contribution is 6.01. The maximum absolute atomic E-state index is 14.3. The molecular weight excluding hydrogens is 413 g/mol. The van der Waals surface area contributed by atoms with Crippen LogP contribution >= 0.6 is 0 Å². The molecule has 9 nitrogen and oxygen atoms in total. The molecular formula is C22H20FN7O2. The van der Waals surface area contributed by atoms with Crippen LogP contribution in [-0.2, 0) is 11.2 Å². The number of nitrogens with two attached hydrogens (primary N) is 1. The van der Waals surface area contributed by atoms with Gasteiger partial charge >= 0.3 is 0 Å². The van der Waals surface area contributed by atoms with Crippen LogP contribution in [0.2, 0.25) is 0 Å². The Hall–Kier alpha value is -4.34. The molecule has 0 saturated heterocycles. The maximum Gasteiger partial charge on any atom is 0.250 e. The van der Waals surface area contributed by atoms with Gasteiger partial charge in [-0.25, -0.2) is 24.0 Å². The Bertz CT molecular complexity index is 1290. The Balaban J connectivity index is 1.74. The second kappa shape index (κ2) is 8.80. The molecule has 3 aromatic heterocycles. The van der Waals surface area contributed by atoms with Crippen molar-refractivity contribution in [3.8, 4) is 11.6 Å². The van der Waals surface area contributed by atoms with Crippen molar-refractivity contribution in [2.24, 2.45) is 0 Å². The lowest BCUT2D eigenvalue weighted by Gasteiger charge is -2.20. The number of carbonyl (C=O) groups excluding carboxylic acids is 1. The average molecular weight is 433 g/mol. The molecule has 3 heterocycles. The lowest BCUT2D eigenvalue weighted by Crippen LogP contribution is -2.31. The van der Waals surface area contributed by atoms with Crippen molar-refractivity contribution in [1.82, 2.24) is 24.7 Å². The number of ether oxygens (including phenoxy) is 1. The Kier molecular flexibility index (Phi) is 5.75. The standard InChI is InChI=1S/C22H20FN7O2/c1-3-18(31)29(14-7-5-4-6-8-14)10-9-17-19-20(21(24)27-13-26-19)30(28-17)15-11-16(23)22(32-2)25-12-15/h3-8,11-13H,1,9-10H2,2H3,(H2,24,26,27). The van der Waals surface area contributed by atoms with E-state index in [0.717, 1.165) is 5.69 Å². The SMILES string of the molecule is C=CC(=O)N(CCc1nn(-c2cnc(OC)c(F)c2)c2c(N)ncnc12)c1ccccc1. The van der Waals surface area contributed by atoms with Gasteiger partial charge in [0.1, 0.15) is 17.4 Å². The van der Waals surface area contributed by atoms with Gasteiger partial charge in [-0.2, -0.15) is 5.10 Å². The second-order valence-electron chi connectivity index (χ2n) is 6.78. The minimum absolute atomic E-state index is 0.129. The molecule has 32 heavy (non-hydrogen) atoms. The summed E-state index contributed by atoms with van der Waals surface area (Å²) in [6.07, 6.45) is 4.38. The molecule has 0 saturated carbocycles. The van der Waals surface area contributed by atoms with Crippen LogP contribution in [0.3, 0.4) is 0 Å². The molecule has 0 atom stereocenters. The van der Waals surface area contributed by atoms with Crippen molar-refractivity contribution in [3.63, 3.8) is 0 Å². The van der Waals surface area contributed by atoms with Crippen molar-refractivity contribution in [1.29, 1.82) is 0 Å². The summed E-state index contributed by atoms with van der Waals surface area (Å²) in [4.78, 5) is 26.4. The van der Waals surface area contributed by atoms with Gasteiger partial charge in [-0.15, -0.1) is 0 Å². The Labute approximate surface area is 183 Å². The number of hydrogen-bond acceptors (Lipinski definition) is 7. The van der Waals surface area contributed by atoms with Gasteiger partial charge in [0.2, 0.25) is 11.8 Å². The number of carbonyl (C=O) groups is 1. The normalized spacial score (nSPS) is 10.8. The van der Waals surface area contributed by atoms with Crippen LogP contribution in [0.15, 0.2) is 61.6 Å². The zero-order valence-electron chi connectivity index (χ0n) is 17.3. The number of amides is 1. The Morgan fingerprint density at radius 2 is 2.06 bits per heavy atom. The predicted octanol–water partition coefficient (Wildman–Crippen LogP) is 2.70. The number of benzene rings is 1. The summed E-state index contributed by atoms with van der Waals surface area (Å²) in [7, 11) is 1.33. The summed E-state index contributed by atoms with van der Waals surface area (Å²) in [6, 6.07) is 10.5. The number of fused-ring (bicyclic) bond motifs is 1. The van der Waals surface area contributed by atoms with Crippen LogP contribution in [0.25, 0.3) is 16.7 Å². The number of para-hydroxylation sites is 1. The number of nitrogens with zero attached hydrogens (tertiary/aromatic N) is 6. The zero-order chi connectivity index (χ0) is 22.7. The Morgan fingerprint density at radius 3 is 2.75 bits per heavy atom. The molecule has 0 fully saturated rings. The van der Waals surface area contributed by atoms with E-state index < -0.39 is 5.82 Å². The van der Waals surface area contributed by atoms with Crippen LogP contribution in [-0.4, -0.2) is 44.3 Å². The van der Waals surface area contributed by atoms with E-state index in [1.165, 1.54) is 36.5 Å². The van der Waals surface area contributed by atoms with Gasteiger partial charge in [-0.05, 0) is 18.2 Å². The van der Waals surface area contributed by atoms with Gasteiger partial charge in [0.15, 0.2) is 11.6 Å². The summed E-state index contributed by atoms with van der Waals surface area (Å²) in [5.74, 6) is -0.823. The summed E-state index contributed by atoms with van der Waals surface area (Å²) in [5, 5.41) is 4.59. The van der Waals surface area contributed by atoms with Gasteiger partial charge in [0.05, 0.1) is 24.7 Å². The minimum atomic E-state index is -0.641. The van der Waals surface area contributed by atoms with Crippen LogP contribution < -0.4 is 15.4 Å². The fraction of sp³-hybridized carbons (Fsp3) is 0.136. The van der Waals surface area contributed by atoms with Crippen LogP contribution in [0.1, 0.15) is 5.69 Å². The molecule has 4 aromatic rings. The number of pyridine rings is 1. The number of methoxy groups -OCH3 is 1. The van der Waals surface area contributed by atoms with E-state index in [1.54, 1.807) is 4.90 Å². The summed E-state index contributed by atoms with van der Waals surface area (Å²) in [5.41, 5.74) is 8.66. The highest BCUT2D eigenvalue weighted by atomic mass is 19.1. The fourth-order valence-electron chi connectivity index (χ4n) is 3.37. The number of nitrogen functional groups attached to an aromatic ring is 1. The van der Waals surface area contributed by atoms with E-state index in [2.05, 4.69) is 26.6 Å². The van der Waals surface area contributed by atoms with Crippen LogP contribution in [0, 0.1) is 5.82 Å². The summed E-state index contributed by atoms with van der Waals surface area (Å²) < 4.78 is 20.6. The quantitative estimate of drug-likeness (QED) is 0.446. The smallest absolute Gasteiger partial charge is 0.250 e. The van der Waals surface area contributed by atoms with E-state index in [1.807, 2.05) is 30.3 Å². The average Bonchev–Trinajstić information content (AvgIpc) is 3.19. The van der Waals surface area contributed by atoms with Gasteiger partial charge in [0, 0.05) is 24.7 Å². The molecule has 1 aromatic carbocycles. The van der Waals surface area contributed by atoms with Crippen LogP contribution in [0.5, 0.6) is 5.88 Å². The van der Waals surface area contributed by atoms with E-state index in [9.17, 15) is 9.18 Å². The number of halogens is 1.